The molecule has 1 amide bonds. The maximum absolute atomic E-state index is 11.9. The van der Waals surface area contributed by atoms with Crippen LogP contribution in [0, 0.1) is 0 Å². The van der Waals surface area contributed by atoms with E-state index in [0.717, 1.165) is 4.68 Å². The van der Waals surface area contributed by atoms with Gasteiger partial charge in [-0.15, -0.1) is 0 Å². The number of benzene rings is 1. The van der Waals surface area contributed by atoms with Crippen LogP contribution in [0.1, 0.15) is 10.4 Å². The Morgan fingerprint density at radius 3 is 2.57 bits per heavy atom. The van der Waals surface area contributed by atoms with Gasteiger partial charge in [0.25, 0.3) is 11.5 Å². The summed E-state index contributed by atoms with van der Waals surface area (Å²) in [6.45, 7) is 0.0425. The van der Waals surface area contributed by atoms with E-state index < -0.39 is 5.56 Å². The average molecular weight is 328 g/mol. The molecule has 8 heteroatoms. The highest BCUT2D eigenvalue weighted by Gasteiger charge is 2.10. The van der Waals surface area contributed by atoms with Crippen molar-refractivity contribution >= 4 is 29.1 Å². The van der Waals surface area contributed by atoms with Gasteiger partial charge in [-0.25, -0.2) is 0 Å². The number of halogens is 2. The van der Waals surface area contributed by atoms with Crippen LogP contribution in [-0.2, 0) is 0 Å². The zero-order chi connectivity index (χ0) is 15.4. The topological polar surface area (TPSA) is 84.2 Å². The lowest BCUT2D eigenvalue weighted by molar-refractivity contribution is 0.0945. The van der Waals surface area contributed by atoms with Gasteiger partial charge in [-0.1, -0.05) is 23.2 Å². The minimum absolute atomic E-state index is 0.0814. The Kier molecular flexibility index (Phi) is 4.95. The van der Waals surface area contributed by atoms with E-state index >= 15 is 0 Å². The standard InChI is InChI=1S/C13H11Cl2N3O3/c14-10-7-17-18(13(21)11(10)15)9-3-1-8(2-4-9)12(20)16-5-6-19/h1-4,7,19H,5-6H2,(H,16,20). The summed E-state index contributed by atoms with van der Waals surface area (Å²) in [4.78, 5) is 23.6. The maximum Gasteiger partial charge on any atom is 0.291 e. The minimum Gasteiger partial charge on any atom is -0.395 e. The first kappa shape index (κ1) is 15.5. The Morgan fingerprint density at radius 2 is 1.95 bits per heavy atom. The van der Waals surface area contributed by atoms with Crippen molar-refractivity contribution in [3.05, 3.63) is 56.4 Å². The second kappa shape index (κ2) is 6.71. The van der Waals surface area contributed by atoms with Crippen LogP contribution in [0.4, 0.5) is 0 Å². The predicted molar refractivity (Wildman–Crippen MR) is 79.3 cm³/mol. The molecule has 1 heterocycles. The molecular formula is C13H11Cl2N3O3. The summed E-state index contributed by atoms with van der Waals surface area (Å²) in [5.41, 5.74) is 0.319. The molecule has 0 saturated heterocycles. The molecule has 21 heavy (non-hydrogen) atoms. The third-order valence-electron chi connectivity index (χ3n) is 2.65. The molecule has 0 spiro atoms. The van der Waals surface area contributed by atoms with Crippen LogP contribution in [0.2, 0.25) is 10.0 Å². The average Bonchev–Trinajstić information content (AvgIpc) is 2.51. The highest BCUT2D eigenvalue weighted by molar-refractivity contribution is 6.41. The van der Waals surface area contributed by atoms with Crippen LogP contribution in [0.5, 0.6) is 0 Å². The van der Waals surface area contributed by atoms with E-state index in [4.69, 9.17) is 28.3 Å². The minimum atomic E-state index is -0.540. The lowest BCUT2D eigenvalue weighted by Crippen LogP contribution is -2.26. The van der Waals surface area contributed by atoms with Gasteiger partial charge in [0, 0.05) is 12.1 Å². The summed E-state index contributed by atoms with van der Waals surface area (Å²) in [5, 5.41) is 15.0. The van der Waals surface area contributed by atoms with Crippen LogP contribution < -0.4 is 10.9 Å². The number of aliphatic hydroxyl groups excluding tert-OH is 1. The molecule has 0 aliphatic heterocycles. The summed E-state index contributed by atoms with van der Waals surface area (Å²) in [6.07, 6.45) is 1.27. The predicted octanol–water partition coefficient (Wildman–Crippen LogP) is 1.26. The fourth-order valence-corrected chi connectivity index (χ4v) is 1.88. The number of hydrogen-bond donors (Lipinski definition) is 2. The van der Waals surface area contributed by atoms with Crippen molar-refractivity contribution in [3.8, 4) is 5.69 Å². The van der Waals surface area contributed by atoms with Crippen molar-refractivity contribution in [2.24, 2.45) is 0 Å². The number of rotatable bonds is 4. The van der Waals surface area contributed by atoms with Gasteiger partial charge >= 0.3 is 0 Å². The van der Waals surface area contributed by atoms with E-state index in [1.807, 2.05) is 0 Å². The quantitative estimate of drug-likeness (QED) is 0.885. The van der Waals surface area contributed by atoms with E-state index in [0.29, 0.717) is 11.3 Å². The molecule has 2 N–H and O–H groups in total. The van der Waals surface area contributed by atoms with Crippen molar-refractivity contribution in [2.75, 3.05) is 13.2 Å². The smallest absolute Gasteiger partial charge is 0.291 e. The summed E-state index contributed by atoms with van der Waals surface area (Å²) >= 11 is 11.5. The Hall–Kier alpha value is -1.89. The summed E-state index contributed by atoms with van der Waals surface area (Å²) in [6, 6.07) is 6.20. The molecule has 0 fully saturated rings. The van der Waals surface area contributed by atoms with Gasteiger partial charge in [-0.2, -0.15) is 9.78 Å². The highest BCUT2D eigenvalue weighted by Crippen LogP contribution is 2.16. The van der Waals surface area contributed by atoms with Crippen molar-refractivity contribution in [2.45, 2.75) is 0 Å². The van der Waals surface area contributed by atoms with Crippen LogP contribution in [0.3, 0.4) is 0 Å². The summed E-state index contributed by atoms with van der Waals surface area (Å²) < 4.78 is 1.09. The molecular weight excluding hydrogens is 317 g/mol. The molecule has 1 aromatic heterocycles. The molecule has 6 nitrogen and oxygen atoms in total. The molecule has 0 saturated carbocycles. The van der Waals surface area contributed by atoms with E-state index in [-0.39, 0.29) is 29.1 Å². The van der Waals surface area contributed by atoms with Crippen LogP contribution in [-0.4, -0.2) is 33.9 Å². The zero-order valence-corrected chi connectivity index (χ0v) is 12.2. The fraction of sp³-hybridized carbons (Fsp3) is 0.154. The third kappa shape index (κ3) is 3.41. The van der Waals surface area contributed by atoms with E-state index in [1.165, 1.54) is 6.20 Å². The lowest BCUT2D eigenvalue weighted by atomic mass is 10.2. The van der Waals surface area contributed by atoms with Crippen molar-refractivity contribution in [1.29, 1.82) is 0 Å². The number of carbonyl (C=O) groups excluding carboxylic acids is 1. The number of carbonyl (C=O) groups is 1. The van der Waals surface area contributed by atoms with Crippen LogP contribution in [0.25, 0.3) is 5.69 Å². The first-order valence-corrected chi connectivity index (χ1v) is 6.73. The number of nitrogens with one attached hydrogen (secondary N) is 1. The molecule has 0 bridgehead atoms. The molecule has 1 aromatic carbocycles. The Balaban J connectivity index is 2.30. The van der Waals surface area contributed by atoms with Gasteiger partial charge < -0.3 is 10.4 Å². The molecule has 2 aromatic rings. The SMILES string of the molecule is O=C(NCCO)c1ccc(-n2ncc(Cl)c(Cl)c2=O)cc1. The van der Waals surface area contributed by atoms with Gasteiger partial charge in [-0.3, -0.25) is 9.59 Å². The second-order valence-electron chi connectivity index (χ2n) is 4.05. The molecule has 0 radical (unpaired) electrons. The molecule has 0 unspecified atom stereocenters. The van der Waals surface area contributed by atoms with Gasteiger partial charge in [0.2, 0.25) is 0 Å². The molecule has 2 rings (SSSR count). The zero-order valence-electron chi connectivity index (χ0n) is 10.7. The van der Waals surface area contributed by atoms with Gasteiger partial charge in [0.15, 0.2) is 0 Å². The molecule has 0 aliphatic rings. The first-order valence-electron chi connectivity index (χ1n) is 5.97. The second-order valence-corrected chi connectivity index (χ2v) is 4.83. The monoisotopic (exact) mass is 327 g/mol. The van der Waals surface area contributed by atoms with E-state index in [9.17, 15) is 9.59 Å². The highest BCUT2D eigenvalue weighted by atomic mass is 35.5. The lowest BCUT2D eigenvalue weighted by Gasteiger charge is -2.07. The molecule has 0 atom stereocenters. The van der Waals surface area contributed by atoms with E-state index in [2.05, 4.69) is 10.4 Å². The molecule has 0 aliphatic carbocycles. The Morgan fingerprint density at radius 1 is 1.29 bits per heavy atom. The van der Waals surface area contributed by atoms with Crippen LogP contribution >= 0.6 is 23.2 Å². The van der Waals surface area contributed by atoms with E-state index in [1.54, 1.807) is 24.3 Å². The number of aromatic nitrogens is 2. The van der Waals surface area contributed by atoms with Gasteiger partial charge in [-0.05, 0) is 24.3 Å². The van der Waals surface area contributed by atoms with Crippen molar-refractivity contribution < 1.29 is 9.90 Å². The fourth-order valence-electron chi connectivity index (χ4n) is 1.62. The summed E-state index contributed by atoms with van der Waals surface area (Å²) in [5.74, 6) is -0.315. The number of hydrogen-bond acceptors (Lipinski definition) is 4. The van der Waals surface area contributed by atoms with Crippen molar-refractivity contribution in [1.82, 2.24) is 15.1 Å². The largest absolute Gasteiger partial charge is 0.395 e. The van der Waals surface area contributed by atoms with Gasteiger partial charge in [0.05, 0.1) is 23.5 Å². The number of nitrogens with zero attached hydrogens (tertiary/aromatic N) is 2. The normalized spacial score (nSPS) is 10.4. The number of aliphatic hydroxyl groups is 1. The van der Waals surface area contributed by atoms with Gasteiger partial charge in [0.1, 0.15) is 5.02 Å². The van der Waals surface area contributed by atoms with Crippen LogP contribution in [0.15, 0.2) is 35.3 Å². The Labute approximate surface area is 129 Å². The Bertz CT molecular complexity index is 714. The summed E-state index contributed by atoms with van der Waals surface area (Å²) in [7, 11) is 0. The number of amides is 1. The van der Waals surface area contributed by atoms with Crippen molar-refractivity contribution in [3.63, 3.8) is 0 Å². The third-order valence-corrected chi connectivity index (χ3v) is 3.40. The molecule has 110 valence electrons. The maximum atomic E-state index is 11.9. The first-order chi connectivity index (χ1) is 10.0.